The molecule has 0 fully saturated rings. The summed E-state index contributed by atoms with van der Waals surface area (Å²) in [6.07, 6.45) is 3.85. The van der Waals surface area contributed by atoms with E-state index in [1.807, 2.05) is 19.3 Å². The van der Waals surface area contributed by atoms with Crippen LogP contribution in [0, 0.1) is 13.8 Å². The van der Waals surface area contributed by atoms with Crippen molar-refractivity contribution in [2.24, 2.45) is 4.99 Å². The molecule has 0 atom stereocenters. The number of hydrogen-bond acceptors (Lipinski definition) is 3. The van der Waals surface area contributed by atoms with Crippen molar-refractivity contribution in [2.45, 2.75) is 40.4 Å². The van der Waals surface area contributed by atoms with Crippen LogP contribution in [0.2, 0.25) is 0 Å². The molecule has 7 heteroatoms. The minimum Gasteiger partial charge on any atom is -0.357 e. The van der Waals surface area contributed by atoms with E-state index >= 15 is 0 Å². The Morgan fingerprint density at radius 3 is 2.68 bits per heavy atom. The van der Waals surface area contributed by atoms with Crippen molar-refractivity contribution in [1.29, 1.82) is 0 Å². The second kappa shape index (κ2) is 11.2. The van der Waals surface area contributed by atoms with E-state index < -0.39 is 0 Å². The summed E-state index contributed by atoms with van der Waals surface area (Å²) in [6, 6.07) is 10.7. The standard InChI is InChI=1S/C21H27N5S.HI/c1-4-22-21(25-14-20-16(2)8-11-27-20)24-13-18-6-5-7-19(12-18)15-26-10-9-23-17(26)3;/h5-12H,4,13-15H2,1-3H3,(H2,22,24,25);1H. The fraction of sp³-hybridized carbons (Fsp3) is 0.333. The number of benzene rings is 1. The lowest BCUT2D eigenvalue weighted by Crippen LogP contribution is -2.36. The average Bonchev–Trinajstić information content (AvgIpc) is 3.26. The van der Waals surface area contributed by atoms with Gasteiger partial charge in [0.2, 0.25) is 0 Å². The first-order valence-electron chi connectivity index (χ1n) is 9.26. The van der Waals surface area contributed by atoms with Crippen LogP contribution in [0.25, 0.3) is 0 Å². The van der Waals surface area contributed by atoms with Crippen LogP contribution in [0.5, 0.6) is 0 Å². The van der Waals surface area contributed by atoms with E-state index in [1.54, 1.807) is 11.3 Å². The summed E-state index contributed by atoms with van der Waals surface area (Å²) in [5, 5.41) is 8.88. The number of imidazole rings is 1. The van der Waals surface area contributed by atoms with Gasteiger partial charge in [-0.1, -0.05) is 24.3 Å². The third-order valence-electron chi connectivity index (χ3n) is 4.42. The molecule has 0 amide bonds. The first kappa shape index (κ1) is 22.4. The minimum absolute atomic E-state index is 0. The van der Waals surface area contributed by atoms with Gasteiger partial charge < -0.3 is 15.2 Å². The Labute approximate surface area is 188 Å². The number of aromatic nitrogens is 2. The highest BCUT2D eigenvalue weighted by molar-refractivity contribution is 14.0. The lowest BCUT2D eigenvalue weighted by molar-refractivity contribution is 0.760. The molecule has 0 saturated heterocycles. The van der Waals surface area contributed by atoms with Gasteiger partial charge in [-0.15, -0.1) is 35.3 Å². The predicted molar refractivity (Wildman–Crippen MR) is 129 cm³/mol. The van der Waals surface area contributed by atoms with Crippen LogP contribution in [0.3, 0.4) is 0 Å². The van der Waals surface area contributed by atoms with Gasteiger partial charge in [0, 0.05) is 30.4 Å². The first-order chi connectivity index (χ1) is 13.2. The number of halogens is 1. The number of aliphatic imine (C=N–C) groups is 1. The molecule has 5 nitrogen and oxygen atoms in total. The molecule has 1 aromatic carbocycles. The molecule has 2 N–H and O–H groups in total. The topological polar surface area (TPSA) is 54.2 Å². The van der Waals surface area contributed by atoms with Crippen molar-refractivity contribution in [1.82, 2.24) is 20.2 Å². The van der Waals surface area contributed by atoms with Crippen LogP contribution in [0.1, 0.15) is 34.3 Å². The Morgan fingerprint density at radius 1 is 1.18 bits per heavy atom. The molecule has 0 saturated carbocycles. The zero-order valence-corrected chi connectivity index (χ0v) is 19.8. The number of hydrogen-bond donors (Lipinski definition) is 2. The molecule has 3 aromatic rings. The van der Waals surface area contributed by atoms with Crippen LogP contribution >= 0.6 is 35.3 Å². The highest BCUT2D eigenvalue weighted by Crippen LogP contribution is 2.15. The largest absolute Gasteiger partial charge is 0.357 e. The fourth-order valence-electron chi connectivity index (χ4n) is 2.86. The monoisotopic (exact) mass is 509 g/mol. The Morgan fingerprint density at radius 2 is 2.00 bits per heavy atom. The third kappa shape index (κ3) is 6.34. The van der Waals surface area contributed by atoms with Crippen molar-refractivity contribution >= 4 is 41.3 Å². The molecule has 150 valence electrons. The summed E-state index contributed by atoms with van der Waals surface area (Å²) in [6.45, 7) is 9.38. The second-order valence-corrected chi connectivity index (χ2v) is 7.50. The smallest absolute Gasteiger partial charge is 0.191 e. The number of guanidine groups is 1. The van der Waals surface area contributed by atoms with E-state index in [9.17, 15) is 0 Å². The highest BCUT2D eigenvalue weighted by Gasteiger charge is 2.03. The summed E-state index contributed by atoms with van der Waals surface area (Å²) < 4.78 is 2.15. The maximum atomic E-state index is 4.75. The Balaban J connectivity index is 0.00000280. The average molecular weight is 509 g/mol. The van der Waals surface area contributed by atoms with Gasteiger partial charge in [0.05, 0.1) is 13.1 Å². The van der Waals surface area contributed by atoms with Crippen molar-refractivity contribution in [2.75, 3.05) is 6.54 Å². The number of nitrogens with zero attached hydrogens (tertiary/aromatic N) is 3. The first-order valence-corrected chi connectivity index (χ1v) is 10.1. The van der Waals surface area contributed by atoms with Crippen molar-refractivity contribution in [3.05, 3.63) is 75.5 Å². The lowest BCUT2D eigenvalue weighted by Gasteiger charge is -2.11. The summed E-state index contributed by atoms with van der Waals surface area (Å²) in [5.41, 5.74) is 3.79. The zero-order valence-electron chi connectivity index (χ0n) is 16.6. The molecule has 0 bridgehead atoms. The molecular weight excluding hydrogens is 481 g/mol. The summed E-state index contributed by atoms with van der Waals surface area (Å²) in [5.74, 6) is 1.88. The van der Waals surface area contributed by atoms with Crippen LogP contribution in [-0.2, 0) is 19.6 Å². The molecule has 0 spiro atoms. The molecule has 2 aromatic heterocycles. The molecule has 0 unspecified atom stereocenters. The third-order valence-corrected chi connectivity index (χ3v) is 5.44. The highest BCUT2D eigenvalue weighted by atomic mass is 127. The Bertz CT molecular complexity index is 900. The van der Waals surface area contributed by atoms with Gasteiger partial charge in [0.1, 0.15) is 5.82 Å². The lowest BCUT2D eigenvalue weighted by atomic mass is 10.1. The second-order valence-electron chi connectivity index (χ2n) is 6.50. The molecule has 28 heavy (non-hydrogen) atoms. The van der Waals surface area contributed by atoms with Gasteiger partial charge in [-0.2, -0.15) is 0 Å². The molecular formula is C21H28IN5S. The predicted octanol–water partition coefficient (Wildman–Crippen LogP) is 4.48. The van der Waals surface area contributed by atoms with Gasteiger partial charge >= 0.3 is 0 Å². The van der Waals surface area contributed by atoms with Crippen LogP contribution in [-0.4, -0.2) is 22.1 Å². The van der Waals surface area contributed by atoms with Crippen LogP contribution in [0.4, 0.5) is 0 Å². The maximum Gasteiger partial charge on any atom is 0.191 e. The summed E-state index contributed by atoms with van der Waals surface area (Å²) >= 11 is 1.78. The normalized spacial score (nSPS) is 11.2. The number of nitrogens with one attached hydrogen (secondary N) is 2. The Kier molecular flexibility index (Phi) is 8.98. The molecule has 0 aliphatic carbocycles. The number of thiophene rings is 1. The van der Waals surface area contributed by atoms with E-state index in [-0.39, 0.29) is 24.0 Å². The van der Waals surface area contributed by atoms with Crippen LogP contribution < -0.4 is 10.6 Å². The summed E-state index contributed by atoms with van der Waals surface area (Å²) in [4.78, 5) is 10.4. The van der Waals surface area contributed by atoms with Crippen molar-refractivity contribution in [3.8, 4) is 0 Å². The van der Waals surface area contributed by atoms with Gasteiger partial charge in [-0.25, -0.2) is 9.98 Å². The molecule has 0 aliphatic heterocycles. The Hall–Kier alpha value is -1.87. The van der Waals surface area contributed by atoms with Crippen molar-refractivity contribution in [3.63, 3.8) is 0 Å². The van der Waals surface area contributed by atoms with E-state index in [1.165, 1.54) is 21.6 Å². The van der Waals surface area contributed by atoms with Crippen molar-refractivity contribution < 1.29 is 0 Å². The van der Waals surface area contributed by atoms with E-state index in [0.717, 1.165) is 31.4 Å². The van der Waals surface area contributed by atoms with E-state index in [4.69, 9.17) is 4.99 Å². The summed E-state index contributed by atoms with van der Waals surface area (Å²) in [7, 11) is 0. The van der Waals surface area contributed by atoms with Gasteiger partial charge in [0.25, 0.3) is 0 Å². The van der Waals surface area contributed by atoms with E-state index in [2.05, 4.69) is 69.7 Å². The molecule has 0 aliphatic rings. The van der Waals surface area contributed by atoms with Crippen LogP contribution in [0.15, 0.2) is 53.1 Å². The fourth-order valence-corrected chi connectivity index (χ4v) is 3.70. The molecule has 0 radical (unpaired) electrons. The zero-order chi connectivity index (χ0) is 19.1. The van der Waals surface area contributed by atoms with Gasteiger partial charge in [-0.05, 0) is 48.9 Å². The molecule has 2 heterocycles. The van der Waals surface area contributed by atoms with Gasteiger partial charge in [0.15, 0.2) is 5.96 Å². The quantitative estimate of drug-likeness (QED) is 0.281. The SMILES string of the molecule is CCNC(=NCc1cccc(Cn2ccnc2C)c1)NCc1sccc1C.I. The number of rotatable bonds is 7. The van der Waals surface area contributed by atoms with E-state index in [0.29, 0.717) is 6.54 Å². The maximum absolute atomic E-state index is 4.75. The minimum atomic E-state index is 0. The molecule has 3 rings (SSSR count). The number of aryl methyl sites for hydroxylation is 2. The van der Waals surface area contributed by atoms with Gasteiger partial charge in [-0.3, -0.25) is 0 Å².